The lowest BCUT2D eigenvalue weighted by Crippen LogP contribution is -2.24. The quantitative estimate of drug-likeness (QED) is 0.797. The summed E-state index contributed by atoms with van der Waals surface area (Å²) in [6, 6.07) is 8.40. The van der Waals surface area contributed by atoms with E-state index in [0.29, 0.717) is 12.6 Å². The van der Waals surface area contributed by atoms with E-state index >= 15 is 0 Å². The second-order valence-corrected chi connectivity index (χ2v) is 4.31. The highest BCUT2D eigenvalue weighted by molar-refractivity contribution is 5.74. The van der Waals surface area contributed by atoms with E-state index in [1.165, 1.54) is 0 Å². The Labute approximate surface area is 101 Å². The third kappa shape index (κ3) is 2.97. The zero-order valence-electron chi connectivity index (χ0n) is 10.5. The first-order valence-electron chi connectivity index (χ1n) is 5.85. The number of benzene rings is 1. The van der Waals surface area contributed by atoms with Crippen LogP contribution in [0.15, 0.2) is 28.7 Å². The second-order valence-electron chi connectivity index (χ2n) is 4.31. The third-order valence-electron chi connectivity index (χ3n) is 2.49. The van der Waals surface area contributed by atoms with Crippen LogP contribution in [0.2, 0.25) is 0 Å². The van der Waals surface area contributed by atoms with Crippen LogP contribution in [0.5, 0.6) is 0 Å². The van der Waals surface area contributed by atoms with Gasteiger partial charge < -0.3 is 14.1 Å². The van der Waals surface area contributed by atoms with Gasteiger partial charge in [0.15, 0.2) is 5.58 Å². The highest BCUT2D eigenvalue weighted by atomic mass is 16.5. The van der Waals surface area contributed by atoms with Gasteiger partial charge in [0.25, 0.3) is 6.01 Å². The summed E-state index contributed by atoms with van der Waals surface area (Å²) in [6.45, 7) is 5.50. The maximum absolute atomic E-state index is 5.65. The zero-order chi connectivity index (χ0) is 12.3. The molecule has 0 aliphatic heterocycles. The Kier molecular flexibility index (Phi) is 3.64. The molecule has 2 aromatic rings. The lowest BCUT2D eigenvalue weighted by atomic mass is 10.3. The SMILES string of the molecule is CC(C)OCCN(C)c1nc2ccccc2o1. The molecule has 0 bridgehead atoms. The first kappa shape index (κ1) is 11.9. The molecule has 0 radical (unpaired) electrons. The molecule has 4 heteroatoms. The van der Waals surface area contributed by atoms with Crippen LogP contribution in [-0.4, -0.2) is 31.3 Å². The van der Waals surface area contributed by atoms with Crippen molar-refractivity contribution in [2.75, 3.05) is 25.1 Å². The average Bonchev–Trinajstić information content (AvgIpc) is 2.71. The number of nitrogens with zero attached hydrogens (tertiary/aromatic N) is 2. The van der Waals surface area contributed by atoms with Crippen molar-refractivity contribution in [3.8, 4) is 0 Å². The Morgan fingerprint density at radius 2 is 2.12 bits per heavy atom. The Bertz CT molecular complexity index is 446. The number of likely N-dealkylation sites (N-methyl/N-ethyl adjacent to an activating group) is 1. The first-order chi connectivity index (χ1) is 8.16. The number of fused-ring (bicyclic) bond motifs is 1. The molecule has 2 rings (SSSR count). The van der Waals surface area contributed by atoms with E-state index in [0.717, 1.165) is 17.6 Å². The predicted octanol–water partition coefficient (Wildman–Crippen LogP) is 2.69. The molecule has 1 aromatic carbocycles. The van der Waals surface area contributed by atoms with Crippen LogP contribution in [0, 0.1) is 0 Å². The second kappa shape index (κ2) is 5.19. The van der Waals surface area contributed by atoms with Gasteiger partial charge in [0, 0.05) is 13.6 Å². The lowest BCUT2D eigenvalue weighted by molar-refractivity contribution is 0.0842. The summed E-state index contributed by atoms with van der Waals surface area (Å²) in [5.74, 6) is 0. The summed E-state index contributed by atoms with van der Waals surface area (Å²) in [5.41, 5.74) is 1.71. The normalized spacial score (nSPS) is 11.3. The van der Waals surface area contributed by atoms with E-state index in [4.69, 9.17) is 9.15 Å². The van der Waals surface area contributed by atoms with Crippen LogP contribution in [0.4, 0.5) is 6.01 Å². The monoisotopic (exact) mass is 234 g/mol. The van der Waals surface area contributed by atoms with E-state index in [9.17, 15) is 0 Å². The van der Waals surface area contributed by atoms with E-state index in [1.807, 2.05) is 50.1 Å². The fraction of sp³-hybridized carbons (Fsp3) is 0.462. The van der Waals surface area contributed by atoms with Crippen LogP contribution in [0.3, 0.4) is 0 Å². The van der Waals surface area contributed by atoms with Gasteiger partial charge in [-0.2, -0.15) is 4.98 Å². The first-order valence-corrected chi connectivity index (χ1v) is 5.85. The molecule has 0 saturated carbocycles. The minimum atomic E-state index is 0.257. The van der Waals surface area contributed by atoms with Crippen molar-refractivity contribution in [3.63, 3.8) is 0 Å². The summed E-state index contributed by atoms with van der Waals surface area (Å²) in [5, 5.41) is 0. The molecule has 92 valence electrons. The molecule has 0 aliphatic carbocycles. The Morgan fingerprint density at radius 3 is 2.82 bits per heavy atom. The number of hydrogen-bond donors (Lipinski definition) is 0. The molecule has 0 spiro atoms. The predicted molar refractivity (Wildman–Crippen MR) is 68.4 cm³/mol. The van der Waals surface area contributed by atoms with E-state index in [-0.39, 0.29) is 6.10 Å². The highest BCUT2D eigenvalue weighted by Crippen LogP contribution is 2.20. The summed E-state index contributed by atoms with van der Waals surface area (Å²) < 4.78 is 11.1. The van der Waals surface area contributed by atoms with Gasteiger partial charge in [-0.1, -0.05) is 12.1 Å². The Balaban J connectivity index is 2.01. The molecule has 0 aliphatic rings. The fourth-order valence-corrected chi connectivity index (χ4v) is 1.54. The molecule has 0 fully saturated rings. The zero-order valence-corrected chi connectivity index (χ0v) is 10.5. The molecular weight excluding hydrogens is 216 g/mol. The van der Waals surface area contributed by atoms with E-state index in [1.54, 1.807) is 0 Å². The number of anilines is 1. The highest BCUT2D eigenvalue weighted by Gasteiger charge is 2.09. The molecule has 1 aromatic heterocycles. The van der Waals surface area contributed by atoms with Crippen molar-refractivity contribution < 1.29 is 9.15 Å². The smallest absolute Gasteiger partial charge is 0.298 e. The number of oxazole rings is 1. The maximum atomic E-state index is 5.65. The number of para-hydroxylation sites is 2. The molecule has 17 heavy (non-hydrogen) atoms. The molecular formula is C13H18N2O2. The molecule has 0 N–H and O–H groups in total. The third-order valence-corrected chi connectivity index (χ3v) is 2.49. The van der Waals surface area contributed by atoms with Crippen LogP contribution in [-0.2, 0) is 4.74 Å². The van der Waals surface area contributed by atoms with Crippen molar-refractivity contribution >= 4 is 17.1 Å². The van der Waals surface area contributed by atoms with Crippen LogP contribution < -0.4 is 4.90 Å². The molecule has 0 unspecified atom stereocenters. The maximum Gasteiger partial charge on any atom is 0.298 e. The van der Waals surface area contributed by atoms with Crippen molar-refractivity contribution in [2.45, 2.75) is 20.0 Å². The summed E-state index contributed by atoms with van der Waals surface area (Å²) in [7, 11) is 1.95. The van der Waals surface area contributed by atoms with Gasteiger partial charge in [0.1, 0.15) is 5.52 Å². The summed E-state index contributed by atoms with van der Waals surface area (Å²) in [6.07, 6.45) is 0.257. The number of aromatic nitrogens is 1. The van der Waals surface area contributed by atoms with Gasteiger partial charge in [-0.05, 0) is 26.0 Å². The summed E-state index contributed by atoms with van der Waals surface area (Å²) in [4.78, 5) is 6.37. The number of ether oxygens (including phenoxy) is 1. The van der Waals surface area contributed by atoms with Crippen LogP contribution in [0.25, 0.3) is 11.1 Å². The Hall–Kier alpha value is -1.55. The number of rotatable bonds is 5. The van der Waals surface area contributed by atoms with E-state index in [2.05, 4.69) is 4.98 Å². The molecule has 0 amide bonds. The molecule has 4 nitrogen and oxygen atoms in total. The molecule has 0 atom stereocenters. The van der Waals surface area contributed by atoms with Gasteiger partial charge in [0.05, 0.1) is 12.7 Å². The van der Waals surface area contributed by atoms with Gasteiger partial charge in [-0.3, -0.25) is 0 Å². The lowest BCUT2D eigenvalue weighted by Gasteiger charge is -2.15. The van der Waals surface area contributed by atoms with Crippen LogP contribution in [0.1, 0.15) is 13.8 Å². The Morgan fingerprint density at radius 1 is 1.35 bits per heavy atom. The summed E-state index contributed by atoms with van der Waals surface area (Å²) >= 11 is 0. The standard InChI is InChI=1S/C13H18N2O2/c1-10(2)16-9-8-15(3)13-14-11-6-4-5-7-12(11)17-13/h4-7,10H,8-9H2,1-3H3. The van der Waals surface area contributed by atoms with E-state index < -0.39 is 0 Å². The topological polar surface area (TPSA) is 38.5 Å². The minimum absolute atomic E-state index is 0.257. The van der Waals surface area contributed by atoms with Crippen molar-refractivity contribution in [1.82, 2.24) is 4.98 Å². The van der Waals surface area contributed by atoms with Crippen molar-refractivity contribution in [2.24, 2.45) is 0 Å². The number of hydrogen-bond acceptors (Lipinski definition) is 4. The fourth-order valence-electron chi connectivity index (χ4n) is 1.54. The van der Waals surface area contributed by atoms with Gasteiger partial charge in [-0.15, -0.1) is 0 Å². The van der Waals surface area contributed by atoms with Crippen LogP contribution >= 0.6 is 0 Å². The van der Waals surface area contributed by atoms with Crippen molar-refractivity contribution in [1.29, 1.82) is 0 Å². The molecule has 1 heterocycles. The van der Waals surface area contributed by atoms with Gasteiger partial charge >= 0.3 is 0 Å². The largest absolute Gasteiger partial charge is 0.423 e. The van der Waals surface area contributed by atoms with Gasteiger partial charge in [-0.25, -0.2) is 0 Å². The van der Waals surface area contributed by atoms with Gasteiger partial charge in [0.2, 0.25) is 0 Å². The van der Waals surface area contributed by atoms with Crippen molar-refractivity contribution in [3.05, 3.63) is 24.3 Å². The molecule has 0 saturated heterocycles. The average molecular weight is 234 g/mol. The minimum Gasteiger partial charge on any atom is -0.423 e.